The van der Waals surface area contributed by atoms with Gasteiger partial charge in [0.1, 0.15) is 0 Å². The Labute approximate surface area is 158 Å². The topological polar surface area (TPSA) is 60.4 Å². The Balaban J connectivity index is 2.64. The molecule has 2 rings (SSSR count). The van der Waals surface area contributed by atoms with Gasteiger partial charge >= 0.3 is 5.97 Å². The first-order chi connectivity index (χ1) is 11.3. The molecule has 4 nitrogen and oxygen atoms in total. The van der Waals surface area contributed by atoms with E-state index < -0.39 is 20.6 Å². The maximum absolute atomic E-state index is 13.4. The molecule has 0 N–H and O–H groups in total. The van der Waals surface area contributed by atoms with Crippen LogP contribution in [0.25, 0.3) is 0 Å². The SMILES string of the molecule is CCC1(CC)C[C@@](C(=O)OC)(S(=O)(=O)c2ccccc2)C[C@H]1CI. The van der Waals surface area contributed by atoms with Crippen LogP contribution in [0, 0.1) is 11.3 Å². The number of benzene rings is 1. The van der Waals surface area contributed by atoms with E-state index in [1.807, 2.05) is 0 Å². The van der Waals surface area contributed by atoms with Crippen LogP contribution in [0.1, 0.15) is 39.5 Å². The van der Waals surface area contributed by atoms with Crippen LogP contribution in [-0.2, 0) is 19.4 Å². The second-order valence-electron chi connectivity index (χ2n) is 6.60. The average Bonchev–Trinajstić information content (AvgIpc) is 2.98. The molecule has 0 saturated heterocycles. The number of hydrogen-bond donors (Lipinski definition) is 0. The number of esters is 1. The molecule has 2 atom stereocenters. The Morgan fingerprint density at radius 1 is 1.25 bits per heavy atom. The molecule has 1 aromatic carbocycles. The van der Waals surface area contributed by atoms with E-state index in [1.165, 1.54) is 7.11 Å². The van der Waals surface area contributed by atoms with Gasteiger partial charge in [-0.3, -0.25) is 4.79 Å². The predicted octanol–water partition coefficient (Wildman–Crippen LogP) is 4.02. The number of carbonyl (C=O) groups is 1. The van der Waals surface area contributed by atoms with Crippen LogP contribution in [0.4, 0.5) is 0 Å². The van der Waals surface area contributed by atoms with E-state index in [1.54, 1.807) is 30.3 Å². The number of sulfone groups is 1. The van der Waals surface area contributed by atoms with Crippen LogP contribution in [0.3, 0.4) is 0 Å². The zero-order valence-electron chi connectivity index (χ0n) is 14.4. The molecule has 0 unspecified atom stereocenters. The number of carbonyl (C=O) groups excluding carboxylic acids is 1. The highest BCUT2D eigenvalue weighted by Crippen LogP contribution is 2.57. The first-order valence-electron chi connectivity index (χ1n) is 8.27. The minimum atomic E-state index is -3.82. The molecule has 0 aromatic heterocycles. The predicted molar refractivity (Wildman–Crippen MR) is 103 cm³/mol. The van der Waals surface area contributed by atoms with Crippen molar-refractivity contribution in [2.45, 2.75) is 49.2 Å². The second-order valence-corrected chi connectivity index (χ2v) is 9.74. The molecule has 0 radical (unpaired) electrons. The average molecular weight is 464 g/mol. The monoisotopic (exact) mass is 464 g/mol. The zero-order valence-corrected chi connectivity index (χ0v) is 17.4. The van der Waals surface area contributed by atoms with E-state index in [-0.39, 0.29) is 16.2 Å². The highest BCUT2D eigenvalue weighted by Gasteiger charge is 2.63. The molecular formula is C18H25IO4S. The van der Waals surface area contributed by atoms with Gasteiger partial charge in [0.05, 0.1) is 12.0 Å². The maximum Gasteiger partial charge on any atom is 0.327 e. The minimum absolute atomic E-state index is 0.142. The molecular weight excluding hydrogens is 439 g/mol. The molecule has 0 spiro atoms. The minimum Gasteiger partial charge on any atom is -0.468 e. The van der Waals surface area contributed by atoms with Crippen LogP contribution < -0.4 is 0 Å². The summed E-state index contributed by atoms with van der Waals surface area (Å²) in [6, 6.07) is 8.29. The van der Waals surface area contributed by atoms with Gasteiger partial charge in [-0.1, -0.05) is 67.5 Å². The smallest absolute Gasteiger partial charge is 0.327 e. The lowest BCUT2D eigenvalue weighted by Crippen LogP contribution is -2.46. The summed E-state index contributed by atoms with van der Waals surface area (Å²) in [4.78, 5) is 12.9. The first-order valence-corrected chi connectivity index (χ1v) is 11.3. The molecule has 1 aromatic rings. The number of halogens is 1. The standard InChI is InChI=1S/C18H25IO4S/c1-4-17(5-2)13-18(16(20)23-3,11-14(17)12-19)24(21,22)15-9-7-6-8-10-15/h6-10,14H,4-5,11-13H2,1-3H3/t14-,18-/m0/s1. The normalized spacial score (nSPS) is 26.2. The highest BCUT2D eigenvalue weighted by molar-refractivity contribution is 14.1. The quantitative estimate of drug-likeness (QED) is 0.363. The van der Waals surface area contributed by atoms with Gasteiger partial charge in [-0.05, 0) is 36.3 Å². The van der Waals surface area contributed by atoms with Crippen LogP contribution in [-0.4, -0.2) is 30.7 Å². The van der Waals surface area contributed by atoms with Gasteiger partial charge in [-0.2, -0.15) is 0 Å². The Hall–Kier alpha value is -0.630. The van der Waals surface area contributed by atoms with Gasteiger partial charge < -0.3 is 4.74 Å². The molecule has 1 fully saturated rings. The van der Waals surface area contributed by atoms with Gasteiger partial charge in [0.2, 0.25) is 0 Å². The molecule has 0 heterocycles. The van der Waals surface area contributed by atoms with Gasteiger partial charge in [-0.15, -0.1) is 0 Å². The lowest BCUT2D eigenvalue weighted by molar-refractivity contribution is -0.143. The van der Waals surface area contributed by atoms with Crippen molar-refractivity contribution in [3.05, 3.63) is 30.3 Å². The first kappa shape index (κ1) is 19.7. The lowest BCUT2D eigenvalue weighted by atomic mass is 9.74. The molecule has 134 valence electrons. The molecule has 24 heavy (non-hydrogen) atoms. The van der Waals surface area contributed by atoms with E-state index in [0.717, 1.165) is 17.3 Å². The Morgan fingerprint density at radius 2 is 1.83 bits per heavy atom. The molecule has 1 aliphatic rings. The summed E-state index contributed by atoms with van der Waals surface area (Å²) in [7, 11) is -2.54. The second kappa shape index (κ2) is 7.32. The molecule has 0 aliphatic heterocycles. The molecule has 1 saturated carbocycles. The summed E-state index contributed by atoms with van der Waals surface area (Å²) in [5, 5.41) is 0. The molecule has 0 bridgehead atoms. The summed E-state index contributed by atoms with van der Waals surface area (Å²) in [5.41, 5.74) is -0.142. The van der Waals surface area contributed by atoms with Gasteiger partial charge in [-0.25, -0.2) is 8.42 Å². The Kier molecular flexibility index (Phi) is 6.00. The van der Waals surface area contributed by atoms with E-state index >= 15 is 0 Å². The van der Waals surface area contributed by atoms with Crippen molar-refractivity contribution >= 4 is 38.4 Å². The largest absolute Gasteiger partial charge is 0.468 e. The fourth-order valence-electron chi connectivity index (χ4n) is 4.18. The summed E-state index contributed by atoms with van der Waals surface area (Å²) in [6.07, 6.45) is 2.40. The van der Waals surface area contributed by atoms with Gasteiger partial charge in [0, 0.05) is 4.43 Å². The van der Waals surface area contributed by atoms with Crippen molar-refractivity contribution < 1.29 is 17.9 Å². The van der Waals surface area contributed by atoms with E-state index in [9.17, 15) is 13.2 Å². The van der Waals surface area contributed by atoms with Crippen molar-refractivity contribution in [2.24, 2.45) is 11.3 Å². The van der Waals surface area contributed by atoms with E-state index in [2.05, 4.69) is 36.4 Å². The van der Waals surface area contributed by atoms with Crippen molar-refractivity contribution in [2.75, 3.05) is 11.5 Å². The van der Waals surface area contributed by atoms with E-state index in [0.29, 0.717) is 12.8 Å². The third-order valence-corrected chi connectivity index (χ3v) is 9.26. The Morgan fingerprint density at radius 3 is 2.25 bits per heavy atom. The fourth-order valence-corrected chi connectivity index (χ4v) is 7.59. The lowest BCUT2D eigenvalue weighted by Gasteiger charge is -2.33. The fraction of sp³-hybridized carbons (Fsp3) is 0.611. The summed E-state index contributed by atoms with van der Waals surface area (Å²) < 4.78 is 31.2. The third kappa shape index (κ3) is 2.89. The number of rotatable bonds is 6. The van der Waals surface area contributed by atoms with Crippen LogP contribution in [0.15, 0.2) is 35.2 Å². The number of ether oxygens (including phenoxy) is 1. The molecule has 1 aliphatic carbocycles. The number of methoxy groups -OCH3 is 1. The Bertz CT molecular complexity index is 682. The van der Waals surface area contributed by atoms with Gasteiger partial charge in [0.25, 0.3) is 0 Å². The van der Waals surface area contributed by atoms with Crippen molar-refractivity contribution in [3.63, 3.8) is 0 Å². The molecule has 0 amide bonds. The summed E-state index contributed by atoms with van der Waals surface area (Å²) >= 11 is 2.31. The van der Waals surface area contributed by atoms with Gasteiger partial charge in [0.15, 0.2) is 14.6 Å². The van der Waals surface area contributed by atoms with E-state index in [4.69, 9.17) is 4.74 Å². The van der Waals surface area contributed by atoms with Crippen LogP contribution >= 0.6 is 22.6 Å². The summed E-state index contributed by atoms with van der Waals surface area (Å²) in [6.45, 7) is 4.18. The molecule has 6 heteroatoms. The number of hydrogen-bond acceptors (Lipinski definition) is 4. The summed E-state index contributed by atoms with van der Waals surface area (Å²) in [5.74, 6) is -0.435. The number of alkyl halides is 1. The third-order valence-electron chi connectivity index (χ3n) is 5.80. The van der Waals surface area contributed by atoms with Crippen LogP contribution in [0.2, 0.25) is 0 Å². The maximum atomic E-state index is 13.4. The highest BCUT2D eigenvalue weighted by atomic mass is 127. The zero-order chi connectivity index (χ0) is 18.0. The van der Waals surface area contributed by atoms with Crippen molar-refractivity contribution in [1.82, 2.24) is 0 Å². The van der Waals surface area contributed by atoms with Crippen LogP contribution in [0.5, 0.6) is 0 Å². The van der Waals surface area contributed by atoms with Crippen molar-refractivity contribution in [1.29, 1.82) is 0 Å². The van der Waals surface area contributed by atoms with Crippen molar-refractivity contribution in [3.8, 4) is 0 Å².